The van der Waals surface area contributed by atoms with Crippen molar-refractivity contribution in [2.45, 2.75) is 71.9 Å². The molecule has 3 nitrogen and oxygen atoms in total. The first kappa shape index (κ1) is 15.5. The molecule has 0 bridgehead atoms. The Bertz CT molecular complexity index is 363. The maximum absolute atomic E-state index is 10.1. The van der Waals surface area contributed by atoms with Crippen LogP contribution in [0.4, 0.5) is 0 Å². The molecule has 0 aliphatic heterocycles. The summed E-state index contributed by atoms with van der Waals surface area (Å²) in [6, 6.07) is 0. The van der Waals surface area contributed by atoms with Gasteiger partial charge in [0.15, 0.2) is 0 Å². The topological polar surface area (TPSA) is 38.1 Å². The fourth-order valence-electron chi connectivity index (χ4n) is 2.20. The summed E-state index contributed by atoms with van der Waals surface area (Å²) in [5, 5.41) is 15.1. The lowest BCUT2D eigenvalue weighted by Crippen LogP contribution is -2.14. The van der Waals surface area contributed by atoms with E-state index < -0.39 is 0 Å². The van der Waals surface area contributed by atoms with Crippen LogP contribution in [0.1, 0.15) is 57.3 Å². The van der Waals surface area contributed by atoms with Crippen molar-refractivity contribution < 1.29 is 5.11 Å². The lowest BCUT2D eigenvalue weighted by atomic mass is 10.1. The summed E-state index contributed by atoms with van der Waals surface area (Å²) in [5.74, 6) is 0. The molecule has 0 amide bonds. The number of aryl methyl sites for hydroxylation is 2. The molecule has 1 aromatic heterocycles. The number of aromatic nitrogens is 2. The molecule has 0 spiro atoms. The Kier molecular flexibility index (Phi) is 6.72. The smallest absolute Gasteiger partial charge is 0.0848 e. The molecule has 0 radical (unpaired) electrons. The first-order valence-corrected chi connectivity index (χ1v) is 7.37. The number of unbranched alkanes of at least 4 members (excludes halogenated alkanes) is 3. The predicted octanol–water partition coefficient (Wildman–Crippen LogP) is 3.74. The van der Waals surface area contributed by atoms with E-state index in [2.05, 4.69) is 12.0 Å². The molecule has 0 fully saturated rings. The Morgan fingerprint density at radius 2 is 2.00 bits per heavy atom. The van der Waals surface area contributed by atoms with Crippen molar-refractivity contribution in [1.29, 1.82) is 0 Å². The highest BCUT2D eigenvalue weighted by Gasteiger charge is 2.16. The zero-order valence-electron chi connectivity index (χ0n) is 11.7. The van der Waals surface area contributed by atoms with Crippen LogP contribution in [0.5, 0.6) is 0 Å². The molecule has 104 valence electrons. The molecule has 1 unspecified atom stereocenters. The number of hydrogen-bond acceptors (Lipinski definition) is 2. The maximum atomic E-state index is 10.1. The van der Waals surface area contributed by atoms with Gasteiger partial charge >= 0.3 is 0 Å². The van der Waals surface area contributed by atoms with Gasteiger partial charge in [0.05, 0.1) is 22.5 Å². The van der Waals surface area contributed by atoms with Crippen molar-refractivity contribution >= 4 is 11.6 Å². The van der Waals surface area contributed by atoms with E-state index in [1.165, 1.54) is 19.3 Å². The minimum Gasteiger partial charge on any atom is -0.393 e. The molecule has 1 N–H and O–H groups in total. The van der Waals surface area contributed by atoms with Crippen molar-refractivity contribution in [2.75, 3.05) is 0 Å². The van der Waals surface area contributed by atoms with Crippen molar-refractivity contribution in [3.63, 3.8) is 0 Å². The maximum Gasteiger partial charge on any atom is 0.0848 e. The van der Waals surface area contributed by atoms with Crippen LogP contribution in [-0.2, 0) is 13.0 Å². The van der Waals surface area contributed by atoms with E-state index >= 15 is 0 Å². The summed E-state index contributed by atoms with van der Waals surface area (Å²) in [4.78, 5) is 0. The van der Waals surface area contributed by atoms with Gasteiger partial charge in [0.2, 0.25) is 0 Å². The molecule has 1 aromatic rings. The summed E-state index contributed by atoms with van der Waals surface area (Å²) >= 11 is 6.23. The third kappa shape index (κ3) is 4.29. The fraction of sp³-hybridized carbons (Fsp3) is 0.786. The van der Waals surface area contributed by atoms with Crippen molar-refractivity contribution in [2.24, 2.45) is 0 Å². The summed E-state index contributed by atoms with van der Waals surface area (Å²) in [5.41, 5.74) is 1.83. The lowest BCUT2D eigenvalue weighted by Gasteiger charge is -2.12. The Morgan fingerprint density at radius 1 is 1.28 bits per heavy atom. The van der Waals surface area contributed by atoms with Crippen molar-refractivity contribution in [3.05, 3.63) is 16.4 Å². The molecule has 18 heavy (non-hydrogen) atoms. The van der Waals surface area contributed by atoms with Gasteiger partial charge in [0, 0.05) is 13.0 Å². The van der Waals surface area contributed by atoms with Gasteiger partial charge in [-0.25, -0.2) is 0 Å². The van der Waals surface area contributed by atoms with Gasteiger partial charge in [-0.05, 0) is 20.3 Å². The summed E-state index contributed by atoms with van der Waals surface area (Å²) < 4.78 is 1.90. The monoisotopic (exact) mass is 272 g/mol. The van der Waals surface area contributed by atoms with Gasteiger partial charge in [0.1, 0.15) is 0 Å². The highest BCUT2D eigenvalue weighted by atomic mass is 35.5. The number of aliphatic hydroxyl groups is 1. The normalized spacial score (nSPS) is 12.9. The average molecular weight is 273 g/mol. The van der Waals surface area contributed by atoms with Gasteiger partial charge in [-0.3, -0.25) is 4.68 Å². The first-order chi connectivity index (χ1) is 8.60. The zero-order valence-corrected chi connectivity index (χ0v) is 12.5. The van der Waals surface area contributed by atoms with Gasteiger partial charge in [-0.15, -0.1) is 0 Å². The van der Waals surface area contributed by atoms with E-state index in [0.29, 0.717) is 11.4 Å². The SMILES string of the molecule is CCCCCCC(O)Cc1c(Cl)c(C)nn1CC. The fourth-order valence-corrected chi connectivity index (χ4v) is 2.41. The molecule has 0 aromatic carbocycles. The van der Waals surface area contributed by atoms with Crippen LogP contribution >= 0.6 is 11.6 Å². The number of halogens is 1. The zero-order chi connectivity index (χ0) is 13.5. The molecule has 0 saturated heterocycles. The molecule has 0 aliphatic rings. The third-order valence-corrected chi connectivity index (χ3v) is 3.76. The summed E-state index contributed by atoms with van der Waals surface area (Å²) in [6.07, 6.45) is 5.92. The van der Waals surface area contributed by atoms with Gasteiger partial charge in [0.25, 0.3) is 0 Å². The molecule has 1 atom stereocenters. The highest BCUT2D eigenvalue weighted by molar-refractivity contribution is 6.31. The summed E-state index contributed by atoms with van der Waals surface area (Å²) in [7, 11) is 0. The van der Waals surface area contributed by atoms with Crippen LogP contribution in [0, 0.1) is 6.92 Å². The lowest BCUT2D eigenvalue weighted by molar-refractivity contribution is 0.158. The van der Waals surface area contributed by atoms with Crippen molar-refractivity contribution in [3.8, 4) is 0 Å². The van der Waals surface area contributed by atoms with Gasteiger partial charge < -0.3 is 5.11 Å². The standard InChI is InChI=1S/C14H25ClN2O/c1-4-6-7-8-9-12(18)10-13-14(15)11(3)16-17(13)5-2/h12,18H,4-10H2,1-3H3. The second kappa shape index (κ2) is 7.80. The molecular weight excluding hydrogens is 248 g/mol. The molecule has 0 aliphatic carbocycles. The van der Waals surface area contributed by atoms with Crippen LogP contribution < -0.4 is 0 Å². The number of hydrogen-bond donors (Lipinski definition) is 1. The molecule has 0 saturated carbocycles. The Labute approximate surface area is 115 Å². The Morgan fingerprint density at radius 3 is 2.61 bits per heavy atom. The number of rotatable bonds is 8. The number of nitrogens with zero attached hydrogens (tertiary/aromatic N) is 2. The molecular formula is C14H25ClN2O. The van der Waals surface area contributed by atoms with E-state index in [1.807, 2.05) is 18.5 Å². The van der Waals surface area contributed by atoms with Crippen LogP contribution in [0.2, 0.25) is 5.02 Å². The minimum absolute atomic E-state index is 0.305. The van der Waals surface area contributed by atoms with E-state index in [1.54, 1.807) is 0 Å². The summed E-state index contributed by atoms with van der Waals surface area (Å²) in [6.45, 7) is 6.94. The van der Waals surface area contributed by atoms with Crippen LogP contribution in [0.15, 0.2) is 0 Å². The van der Waals surface area contributed by atoms with Gasteiger partial charge in [-0.2, -0.15) is 5.10 Å². The van der Waals surface area contributed by atoms with Crippen LogP contribution in [0.3, 0.4) is 0 Å². The number of aliphatic hydroxyl groups excluding tert-OH is 1. The highest BCUT2D eigenvalue weighted by Crippen LogP contribution is 2.22. The second-order valence-electron chi connectivity index (χ2n) is 4.87. The van der Waals surface area contributed by atoms with Crippen LogP contribution in [-0.4, -0.2) is 21.0 Å². The average Bonchev–Trinajstić information content (AvgIpc) is 2.62. The molecule has 4 heteroatoms. The van der Waals surface area contributed by atoms with Crippen molar-refractivity contribution in [1.82, 2.24) is 9.78 Å². The molecule has 1 rings (SSSR count). The van der Waals surface area contributed by atoms with E-state index in [-0.39, 0.29) is 6.10 Å². The quantitative estimate of drug-likeness (QED) is 0.732. The first-order valence-electron chi connectivity index (χ1n) is 6.99. The van der Waals surface area contributed by atoms with Gasteiger partial charge in [-0.1, -0.05) is 44.2 Å². The van der Waals surface area contributed by atoms with Crippen LogP contribution in [0.25, 0.3) is 0 Å². The Hall–Kier alpha value is -0.540. The minimum atomic E-state index is -0.305. The predicted molar refractivity (Wildman–Crippen MR) is 76.1 cm³/mol. The second-order valence-corrected chi connectivity index (χ2v) is 5.25. The van der Waals surface area contributed by atoms with E-state index in [9.17, 15) is 5.11 Å². The Balaban J connectivity index is 2.50. The largest absolute Gasteiger partial charge is 0.393 e. The van der Waals surface area contributed by atoms with E-state index in [4.69, 9.17) is 11.6 Å². The molecule has 1 heterocycles. The third-order valence-electron chi connectivity index (χ3n) is 3.27. The van der Waals surface area contributed by atoms with E-state index in [0.717, 1.165) is 30.8 Å².